The van der Waals surface area contributed by atoms with Crippen LogP contribution in [0.2, 0.25) is 0 Å². The van der Waals surface area contributed by atoms with Crippen molar-refractivity contribution in [2.45, 2.75) is 32.0 Å². The van der Waals surface area contributed by atoms with E-state index in [1.807, 2.05) is 6.92 Å². The van der Waals surface area contributed by atoms with E-state index in [0.717, 1.165) is 13.0 Å². The monoisotopic (exact) mass is 227 g/mol. The van der Waals surface area contributed by atoms with Crippen molar-refractivity contribution in [3.8, 4) is 0 Å². The van der Waals surface area contributed by atoms with Crippen LogP contribution in [-0.4, -0.2) is 34.9 Å². The quantitative estimate of drug-likeness (QED) is 0.763. The summed E-state index contributed by atoms with van der Waals surface area (Å²) in [6, 6.07) is 0. The van der Waals surface area contributed by atoms with E-state index in [1.54, 1.807) is 0 Å². The Morgan fingerprint density at radius 1 is 1.62 bits per heavy atom. The molecule has 1 aliphatic heterocycles. The smallest absolute Gasteiger partial charge is 0.260 e. The van der Waals surface area contributed by atoms with Gasteiger partial charge in [-0.15, -0.1) is 0 Å². The molecule has 0 amide bonds. The van der Waals surface area contributed by atoms with Crippen LogP contribution in [-0.2, 0) is 16.9 Å². The van der Waals surface area contributed by atoms with Crippen LogP contribution in [0, 0.1) is 0 Å². The van der Waals surface area contributed by atoms with Crippen molar-refractivity contribution in [2.24, 2.45) is 0 Å². The molecule has 0 saturated carbocycles. The van der Waals surface area contributed by atoms with Crippen LogP contribution in [0.1, 0.15) is 31.5 Å². The van der Waals surface area contributed by atoms with Gasteiger partial charge in [0, 0.05) is 13.2 Å². The predicted molar refractivity (Wildman–Crippen MR) is 55.6 cm³/mol. The van der Waals surface area contributed by atoms with Gasteiger partial charge >= 0.3 is 0 Å². The zero-order valence-electron chi connectivity index (χ0n) is 9.40. The van der Waals surface area contributed by atoms with E-state index < -0.39 is 5.60 Å². The second-order valence-corrected chi connectivity index (χ2v) is 3.96. The molecule has 90 valence electrons. The summed E-state index contributed by atoms with van der Waals surface area (Å²) < 4.78 is 10.2. The van der Waals surface area contributed by atoms with Crippen LogP contribution in [0.25, 0.3) is 0 Å². The largest absolute Gasteiger partial charge is 0.379 e. The van der Waals surface area contributed by atoms with Crippen LogP contribution < -0.4 is 5.32 Å². The Labute approximate surface area is 94.0 Å². The Balaban J connectivity index is 2.05. The molecule has 1 atom stereocenters. The van der Waals surface area contributed by atoms with Crippen LogP contribution in [0.3, 0.4) is 0 Å². The highest BCUT2D eigenvalue weighted by Gasteiger charge is 2.36. The molecule has 6 heteroatoms. The number of hydrogen-bond donors (Lipinski definition) is 2. The maximum Gasteiger partial charge on any atom is 0.260 e. The lowest BCUT2D eigenvalue weighted by Crippen LogP contribution is -2.43. The number of piperidine rings is 1. The van der Waals surface area contributed by atoms with Gasteiger partial charge in [-0.2, -0.15) is 4.98 Å². The van der Waals surface area contributed by atoms with Gasteiger partial charge < -0.3 is 19.7 Å². The fourth-order valence-corrected chi connectivity index (χ4v) is 1.77. The molecule has 16 heavy (non-hydrogen) atoms. The summed E-state index contributed by atoms with van der Waals surface area (Å²) in [6.45, 7) is 4.21. The molecule has 0 bridgehead atoms. The Morgan fingerprint density at radius 2 is 2.50 bits per heavy atom. The van der Waals surface area contributed by atoms with Crippen molar-refractivity contribution in [3.63, 3.8) is 0 Å². The third-order valence-corrected chi connectivity index (χ3v) is 2.66. The number of nitrogens with zero attached hydrogens (tertiary/aromatic N) is 2. The summed E-state index contributed by atoms with van der Waals surface area (Å²) in [5, 5.41) is 17.2. The zero-order chi connectivity index (χ0) is 11.4. The first kappa shape index (κ1) is 11.5. The van der Waals surface area contributed by atoms with E-state index in [0.29, 0.717) is 32.0 Å². The molecule has 0 spiro atoms. The van der Waals surface area contributed by atoms with Crippen LogP contribution >= 0.6 is 0 Å². The molecule has 1 saturated heterocycles. The Morgan fingerprint density at radius 3 is 3.19 bits per heavy atom. The molecule has 1 aliphatic rings. The zero-order valence-corrected chi connectivity index (χ0v) is 9.40. The molecule has 0 aromatic carbocycles. The van der Waals surface area contributed by atoms with E-state index in [1.165, 1.54) is 0 Å². The molecular formula is C10H17N3O3. The van der Waals surface area contributed by atoms with E-state index >= 15 is 0 Å². The maximum atomic E-state index is 10.3. The van der Waals surface area contributed by atoms with Gasteiger partial charge in [0.2, 0.25) is 0 Å². The second kappa shape index (κ2) is 4.90. The standard InChI is InChI=1S/C10H17N3O3/c1-2-15-6-8-12-9(16-13-8)10(14)4-3-5-11-7-10/h11,14H,2-7H2,1H3. The highest BCUT2D eigenvalue weighted by molar-refractivity contribution is 5.01. The fourth-order valence-electron chi connectivity index (χ4n) is 1.77. The van der Waals surface area contributed by atoms with Gasteiger partial charge in [-0.05, 0) is 26.3 Å². The molecule has 2 N–H and O–H groups in total. The Hall–Kier alpha value is -0.980. The lowest BCUT2D eigenvalue weighted by atomic mass is 9.94. The van der Waals surface area contributed by atoms with E-state index in [-0.39, 0.29) is 5.89 Å². The van der Waals surface area contributed by atoms with Crippen molar-refractivity contribution in [3.05, 3.63) is 11.7 Å². The number of ether oxygens (including phenoxy) is 1. The summed E-state index contributed by atoms with van der Waals surface area (Å²) >= 11 is 0. The molecule has 2 rings (SSSR count). The lowest BCUT2D eigenvalue weighted by molar-refractivity contribution is -0.0167. The maximum absolute atomic E-state index is 10.3. The van der Waals surface area contributed by atoms with Crippen molar-refractivity contribution < 1.29 is 14.4 Å². The minimum atomic E-state index is -1.02. The second-order valence-electron chi connectivity index (χ2n) is 3.96. The van der Waals surface area contributed by atoms with Crippen molar-refractivity contribution in [1.29, 1.82) is 0 Å². The van der Waals surface area contributed by atoms with E-state index in [9.17, 15) is 5.11 Å². The number of aromatic nitrogens is 2. The van der Waals surface area contributed by atoms with Crippen molar-refractivity contribution >= 4 is 0 Å². The highest BCUT2D eigenvalue weighted by atomic mass is 16.5. The molecule has 0 aliphatic carbocycles. The number of nitrogens with one attached hydrogen (secondary N) is 1. The normalized spacial score (nSPS) is 25.9. The Kier molecular flexibility index (Phi) is 3.52. The summed E-state index contributed by atoms with van der Waals surface area (Å²) in [5.74, 6) is 0.769. The molecule has 1 aromatic rings. The van der Waals surface area contributed by atoms with E-state index in [4.69, 9.17) is 9.26 Å². The first-order chi connectivity index (χ1) is 7.74. The third-order valence-electron chi connectivity index (χ3n) is 2.66. The predicted octanol–water partition coefficient (Wildman–Crippen LogP) is 0.177. The lowest BCUT2D eigenvalue weighted by Gasteiger charge is -2.28. The SMILES string of the molecule is CCOCc1noc(C2(O)CCCNC2)n1. The molecule has 1 aromatic heterocycles. The average molecular weight is 227 g/mol. The first-order valence-corrected chi connectivity index (χ1v) is 5.58. The molecule has 0 radical (unpaired) electrons. The van der Waals surface area contributed by atoms with Gasteiger partial charge in [-0.3, -0.25) is 0 Å². The number of β-amino-alcohol motifs (C(OH)–C–C–N with tert-alkyl or cyclic N) is 1. The van der Waals surface area contributed by atoms with Gasteiger partial charge in [0.1, 0.15) is 6.61 Å². The number of rotatable bonds is 4. The molecular weight excluding hydrogens is 210 g/mol. The van der Waals surface area contributed by atoms with Crippen LogP contribution in [0.5, 0.6) is 0 Å². The van der Waals surface area contributed by atoms with Crippen molar-refractivity contribution in [2.75, 3.05) is 19.7 Å². The van der Waals surface area contributed by atoms with Crippen molar-refractivity contribution in [1.82, 2.24) is 15.5 Å². The molecule has 2 heterocycles. The fraction of sp³-hybridized carbons (Fsp3) is 0.800. The van der Waals surface area contributed by atoms with Gasteiger partial charge in [0.15, 0.2) is 11.4 Å². The van der Waals surface area contributed by atoms with E-state index in [2.05, 4.69) is 15.5 Å². The summed E-state index contributed by atoms with van der Waals surface area (Å²) in [4.78, 5) is 4.15. The van der Waals surface area contributed by atoms with Gasteiger partial charge in [0.25, 0.3) is 5.89 Å². The van der Waals surface area contributed by atoms with Gasteiger partial charge in [-0.1, -0.05) is 5.16 Å². The minimum Gasteiger partial charge on any atom is -0.379 e. The summed E-state index contributed by atoms with van der Waals surface area (Å²) in [7, 11) is 0. The highest BCUT2D eigenvalue weighted by Crippen LogP contribution is 2.26. The van der Waals surface area contributed by atoms with Gasteiger partial charge in [-0.25, -0.2) is 0 Å². The van der Waals surface area contributed by atoms with Crippen LogP contribution in [0.4, 0.5) is 0 Å². The Bertz CT molecular complexity index is 334. The first-order valence-electron chi connectivity index (χ1n) is 5.58. The minimum absolute atomic E-state index is 0.286. The average Bonchev–Trinajstić information content (AvgIpc) is 2.77. The summed E-state index contributed by atoms with van der Waals surface area (Å²) in [5.41, 5.74) is -1.02. The molecule has 1 unspecified atom stereocenters. The topological polar surface area (TPSA) is 80.4 Å². The molecule has 1 fully saturated rings. The summed E-state index contributed by atoms with van der Waals surface area (Å²) in [6.07, 6.45) is 1.55. The van der Waals surface area contributed by atoms with Gasteiger partial charge in [0.05, 0.1) is 0 Å². The number of hydrogen-bond acceptors (Lipinski definition) is 6. The molecule has 6 nitrogen and oxygen atoms in total. The third kappa shape index (κ3) is 2.40. The van der Waals surface area contributed by atoms with Crippen LogP contribution in [0.15, 0.2) is 4.52 Å². The number of aliphatic hydroxyl groups is 1.